The van der Waals surface area contributed by atoms with Gasteiger partial charge in [0.1, 0.15) is 17.9 Å². The fraction of sp³-hybridized carbons (Fsp3) is 0.241. The number of imidazole rings is 1. The Labute approximate surface area is 240 Å². The number of hydrogen-bond acceptors (Lipinski definition) is 8. The number of anilines is 1. The number of ether oxygens (including phenoxy) is 2. The number of methoxy groups -OCH3 is 2. The van der Waals surface area contributed by atoms with E-state index in [1.165, 1.54) is 18.3 Å². The van der Waals surface area contributed by atoms with Gasteiger partial charge < -0.3 is 24.1 Å². The molecule has 42 heavy (non-hydrogen) atoms. The van der Waals surface area contributed by atoms with Gasteiger partial charge in [-0.1, -0.05) is 12.1 Å². The number of fused-ring (bicyclic) bond motifs is 1. The normalized spacial score (nSPS) is 14.1. The van der Waals surface area contributed by atoms with Gasteiger partial charge in [0.25, 0.3) is 5.56 Å². The molecule has 5 aromatic rings. The van der Waals surface area contributed by atoms with Crippen LogP contribution in [0.4, 0.5) is 10.5 Å². The highest BCUT2D eigenvalue weighted by Gasteiger charge is 2.28. The van der Waals surface area contributed by atoms with Crippen LogP contribution in [0.15, 0.2) is 71.9 Å². The summed E-state index contributed by atoms with van der Waals surface area (Å²) in [6.07, 6.45) is 3.61. The lowest BCUT2D eigenvalue weighted by Crippen LogP contribution is -2.32. The van der Waals surface area contributed by atoms with Crippen molar-refractivity contribution in [3.05, 3.63) is 89.0 Å². The molecule has 2 aromatic carbocycles. The molecule has 0 radical (unpaired) electrons. The van der Waals surface area contributed by atoms with E-state index in [2.05, 4.69) is 25.5 Å². The molecule has 1 amide bonds. The Bertz CT molecular complexity index is 1780. The van der Waals surface area contributed by atoms with E-state index in [0.717, 1.165) is 40.2 Å². The Kier molecular flexibility index (Phi) is 7.23. The molecule has 0 unspecified atom stereocenters. The average molecular weight is 569 g/mol. The Morgan fingerprint density at radius 2 is 1.95 bits per heavy atom. The minimum absolute atomic E-state index is 0.136. The zero-order valence-electron chi connectivity index (χ0n) is 23.0. The van der Waals surface area contributed by atoms with Crippen LogP contribution < -0.4 is 15.2 Å². The van der Waals surface area contributed by atoms with Gasteiger partial charge in [-0.15, -0.1) is 5.10 Å². The highest BCUT2D eigenvalue weighted by Crippen LogP contribution is 2.35. The van der Waals surface area contributed by atoms with E-state index in [0.29, 0.717) is 30.3 Å². The first-order valence-corrected chi connectivity index (χ1v) is 13.3. The average Bonchev–Trinajstić information content (AvgIpc) is 3.78. The van der Waals surface area contributed by atoms with Crippen molar-refractivity contribution in [3.8, 4) is 33.8 Å². The zero-order valence-corrected chi connectivity index (χ0v) is 23.0. The van der Waals surface area contributed by atoms with Crippen LogP contribution in [0.5, 0.6) is 5.75 Å². The predicted octanol–water partition coefficient (Wildman–Crippen LogP) is 3.56. The second-order valence-electron chi connectivity index (χ2n) is 9.79. The predicted molar refractivity (Wildman–Crippen MR) is 153 cm³/mol. The maximum atomic E-state index is 13.5. The summed E-state index contributed by atoms with van der Waals surface area (Å²) in [6.45, 7) is 0.523. The van der Waals surface area contributed by atoms with Gasteiger partial charge in [0.15, 0.2) is 0 Å². The number of hydrogen-bond donors (Lipinski definition) is 2. The fourth-order valence-corrected chi connectivity index (χ4v) is 5.35. The summed E-state index contributed by atoms with van der Waals surface area (Å²) < 4.78 is 13.8. The number of aromatic nitrogens is 7. The summed E-state index contributed by atoms with van der Waals surface area (Å²) in [5.74, 6) is 1.34. The number of carbonyl (C=O) groups is 1. The summed E-state index contributed by atoms with van der Waals surface area (Å²) in [5.41, 5.74) is 5.19. The first-order chi connectivity index (χ1) is 20.5. The summed E-state index contributed by atoms with van der Waals surface area (Å²) in [5, 5.41) is 21.0. The topological polar surface area (TPSA) is 153 Å². The van der Waals surface area contributed by atoms with Crippen molar-refractivity contribution in [2.75, 3.05) is 32.3 Å². The molecule has 3 aromatic heterocycles. The van der Waals surface area contributed by atoms with Crippen molar-refractivity contribution in [2.45, 2.75) is 18.9 Å². The molecule has 0 aliphatic carbocycles. The van der Waals surface area contributed by atoms with Gasteiger partial charge in [0.05, 0.1) is 43.9 Å². The highest BCUT2D eigenvalue weighted by molar-refractivity contribution is 5.86. The van der Waals surface area contributed by atoms with Crippen LogP contribution in [0.25, 0.3) is 28.1 Å². The minimum Gasteiger partial charge on any atom is -0.497 e. The van der Waals surface area contributed by atoms with E-state index in [9.17, 15) is 14.7 Å². The maximum absolute atomic E-state index is 13.5. The molecule has 0 saturated heterocycles. The van der Waals surface area contributed by atoms with E-state index in [4.69, 9.17) is 9.47 Å². The second-order valence-corrected chi connectivity index (χ2v) is 9.79. The third-order valence-corrected chi connectivity index (χ3v) is 7.40. The van der Waals surface area contributed by atoms with Crippen LogP contribution in [0, 0.1) is 0 Å². The number of nitrogens with zero attached hydrogens (tertiary/aromatic N) is 7. The number of rotatable bonds is 9. The Balaban J connectivity index is 1.28. The lowest BCUT2D eigenvalue weighted by atomic mass is 10.0. The molecule has 6 rings (SSSR count). The van der Waals surface area contributed by atoms with Gasteiger partial charge in [-0.2, -0.15) is 4.68 Å². The van der Waals surface area contributed by atoms with Gasteiger partial charge in [-0.25, -0.2) is 9.78 Å². The maximum Gasteiger partial charge on any atom is 0.411 e. The monoisotopic (exact) mass is 568 g/mol. The molecule has 2 N–H and O–H groups in total. The van der Waals surface area contributed by atoms with E-state index in [1.807, 2.05) is 36.4 Å². The molecule has 0 fully saturated rings. The van der Waals surface area contributed by atoms with Crippen LogP contribution in [0.1, 0.15) is 24.0 Å². The number of nitrogens with one attached hydrogen (secondary N) is 1. The molecular formula is C29H28N8O5. The smallest absolute Gasteiger partial charge is 0.411 e. The number of aromatic amines is 1. The Morgan fingerprint density at radius 3 is 2.67 bits per heavy atom. The Morgan fingerprint density at radius 1 is 1.12 bits per heavy atom. The van der Waals surface area contributed by atoms with E-state index in [1.54, 1.807) is 40.8 Å². The highest BCUT2D eigenvalue weighted by atomic mass is 16.5. The van der Waals surface area contributed by atoms with Crippen molar-refractivity contribution in [1.82, 2.24) is 34.7 Å². The molecule has 13 nitrogen and oxygen atoms in total. The molecule has 1 aliphatic rings. The molecule has 0 saturated carbocycles. The van der Waals surface area contributed by atoms with Gasteiger partial charge in [0.2, 0.25) is 0 Å². The third-order valence-electron chi connectivity index (χ3n) is 7.40. The van der Waals surface area contributed by atoms with Crippen molar-refractivity contribution in [1.29, 1.82) is 0 Å². The SMILES string of the molecule is COCCN(C(=O)O)c1ccc(-c2cnc([C@@H]3CCc4cc(-c5cc(OC)ccc5-n5cnnn5)cc(=O)n43)[nH]2)cc1. The van der Waals surface area contributed by atoms with E-state index in [-0.39, 0.29) is 18.1 Å². The summed E-state index contributed by atoms with van der Waals surface area (Å²) in [6, 6.07) is 16.1. The molecule has 1 atom stereocenters. The van der Waals surface area contributed by atoms with Crippen LogP contribution in [-0.4, -0.2) is 73.3 Å². The molecule has 1 aliphatic heterocycles. The number of carboxylic acid groups (broad SMARTS) is 1. The fourth-order valence-electron chi connectivity index (χ4n) is 5.35. The Hall–Kier alpha value is -5.30. The van der Waals surface area contributed by atoms with Gasteiger partial charge >= 0.3 is 6.09 Å². The van der Waals surface area contributed by atoms with Crippen molar-refractivity contribution in [3.63, 3.8) is 0 Å². The van der Waals surface area contributed by atoms with Crippen LogP contribution in [0.3, 0.4) is 0 Å². The first-order valence-electron chi connectivity index (χ1n) is 13.3. The van der Waals surface area contributed by atoms with Crippen LogP contribution >= 0.6 is 0 Å². The third kappa shape index (κ3) is 5.01. The van der Waals surface area contributed by atoms with Gasteiger partial charge in [-0.05, 0) is 70.8 Å². The number of pyridine rings is 1. The summed E-state index contributed by atoms with van der Waals surface area (Å²) in [7, 11) is 3.13. The summed E-state index contributed by atoms with van der Waals surface area (Å²) in [4.78, 5) is 34.4. The second kappa shape index (κ2) is 11.3. The molecular weight excluding hydrogens is 540 g/mol. The van der Waals surface area contributed by atoms with E-state index < -0.39 is 6.09 Å². The quantitative estimate of drug-likeness (QED) is 0.272. The minimum atomic E-state index is -1.05. The first kappa shape index (κ1) is 26.9. The molecule has 4 heterocycles. The lowest BCUT2D eigenvalue weighted by Gasteiger charge is -2.19. The number of aryl methyl sites for hydroxylation is 1. The van der Waals surface area contributed by atoms with Crippen molar-refractivity contribution >= 4 is 11.8 Å². The van der Waals surface area contributed by atoms with Gasteiger partial charge in [-0.3, -0.25) is 9.69 Å². The molecule has 0 bridgehead atoms. The molecule has 0 spiro atoms. The molecule has 13 heteroatoms. The van der Waals surface area contributed by atoms with E-state index >= 15 is 0 Å². The van der Waals surface area contributed by atoms with Crippen molar-refractivity contribution < 1.29 is 19.4 Å². The number of H-pyrrole nitrogens is 1. The largest absolute Gasteiger partial charge is 0.497 e. The number of tetrazole rings is 1. The number of benzene rings is 2. The van der Waals surface area contributed by atoms with Gasteiger partial charge in [0, 0.05) is 30.1 Å². The lowest BCUT2D eigenvalue weighted by molar-refractivity contribution is 0.186. The van der Waals surface area contributed by atoms with Crippen LogP contribution in [-0.2, 0) is 11.2 Å². The number of amides is 1. The van der Waals surface area contributed by atoms with Crippen LogP contribution in [0.2, 0.25) is 0 Å². The summed E-state index contributed by atoms with van der Waals surface area (Å²) >= 11 is 0. The zero-order chi connectivity index (χ0) is 29.2. The van der Waals surface area contributed by atoms with Crippen molar-refractivity contribution in [2.24, 2.45) is 0 Å². The standard InChI is InChI=1S/C29H28N8O5/c1-41-12-11-35(29(39)40)20-5-3-18(4-6-20)24-16-30-28(32-24)26-9-7-21-13-19(14-27(38)37(21)26)23-15-22(42-2)8-10-25(23)36-17-31-33-34-36/h3-6,8,10,13-17,26H,7,9,11-12H2,1-2H3,(H,30,32)(H,39,40)/t26-/m0/s1. The molecule has 214 valence electrons.